The van der Waals surface area contributed by atoms with Crippen LogP contribution < -0.4 is 11.1 Å². The van der Waals surface area contributed by atoms with Crippen LogP contribution in [0.15, 0.2) is 42.5 Å². The zero-order valence-electron chi connectivity index (χ0n) is 22.4. The molecule has 0 spiro atoms. The second kappa shape index (κ2) is 14.8. The summed E-state index contributed by atoms with van der Waals surface area (Å²) < 4.78 is 16.7. The largest absolute Gasteiger partial charge is 0.444 e. The van der Waals surface area contributed by atoms with Crippen molar-refractivity contribution in [2.45, 2.75) is 78.4 Å². The maximum atomic E-state index is 13.4. The topological polar surface area (TPSA) is 103 Å². The van der Waals surface area contributed by atoms with Crippen molar-refractivity contribution < 1.29 is 23.8 Å². The highest BCUT2D eigenvalue weighted by atomic mass is 16.7. The Kier molecular flexibility index (Phi) is 12.1. The summed E-state index contributed by atoms with van der Waals surface area (Å²) in [5.74, 6) is -0.146. The highest BCUT2D eigenvalue weighted by Crippen LogP contribution is 2.18. The SMILES string of the molecule is CCOC(CN(Cc1ccc2ccccc2c1)C(=O)[C@@H](N)CCCCNC(=O)OC(C)(C)C)OCC. The van der Waals surface area contributed by atoms with Crippen molar-refractivity contribution in [3.63, 3.8) is 0 Å². The molecule has 8 nitrogen and oxygen atoms in total. The van der Waals surface area contributed by atoms with Gasteiger partial charge in [0.1, 0.15) is 5.60 Å². The lowest BCUT2D eigenvalue weighted by Crippen LogP contribution is -2.47. The van der Waals surface area contributed by atoms with Gasteiger partial charge in [-0.05, 0) is 76.3 Å². The predicted molar refractivity (Wildman–Crippen MR) is 142 cm³/mol. The van der Waals surface area contributed by atoms with Gasteiger partial charge in [0.05, 0.1) is 12.6 Å². The van der Waals surface area contributed by atoms with Gasteiger partial charge in [0.15, 0.2) is 6.29 Å². The van der Waals surface area contributed by atoms with E-state index in [-0.39, 0.29) is 5.91 Å². The lowest BCUT2D eigenvalue weighted by Gasteiger charge is -2.29. The minimum absolute atomic E-state index is 0.146. The number of ether oxygens (including phenoxy) is 3. The maximum Gasteiger partial charge on any atom is 0.407 e. The summed E-state index contributed by atoms with van der Waals surface area (Å²) in [6, 6.07) is 13.7. The van der Waals surface area contributed by atoms with Crippen molar-refractivity contribution in [3.05, 3.63) is 48.0 Å². The lowest BCUT2D eigenvalue weighted by molar-refractivity contribution is -0.160. The third-order valence-electron chi connectivity index (χ3n) is 5.50. The molecule has 0 aliphatic heterocycles. The summed E-state index contributed by atoms with van der Waals surface area (Å²) >= 11 is 0. The Labute approximate surface area is 215 Å². The van der Waals surface area contributed by atoms with Crippen LogP contribution in [0.5, 0.6) is 0 Å². The third kappa shape index (κ3) is 10.5. The van der Waals surface area contributed by atoms with Gasteiger partial charge in [-0.3, -0.25) is 4.79 Å². The molecule has 0 unspecified atom stereocenters. The summed E-state index contributed by atoms with van der Waals surface area (Å²) in [5, 5.41) is 5.01. The second-order valence-electron chi connectivity index (χ2n) is 9.77. The van der Waals surface area contributed by atoms with E-state index in [1.807, 2.05) is 52.8 Å². The van der Waals surface area contributed by atoms with Gasteiger partial charge in [-0.15, -0.1) is 0 Å². The molecule has 2 rings (SSSR count). The highest BCUT2D eigenvalue weighted by molar-refractivity contribution is 5.84. The molecular weight excluding hydrogens is 458 g/mol. The number of benzene rings is 2. The van der Waals surface area contributed by atoms with Gasteiger partial charge in [0.25, 0.3) is 0 Å². The minimum Gasteiger partial charge on any atom is -0.444 e. The molecule has 0 bridgehead atoms. The van der Waals surface area contributed by atoms with Crippen LogP contribution in [0.25, 0.3) is 10.8 Å². The van der Waals surface area contributed by atoms with Crippen LogP contribution >= 0.6 is 0 Å². The van der Waals surface area contributed by atoms with Gasteiger partial charge in [-0.2, -0.15) is 0 Å². The van der Waals surface area contributed by atoms with Crippen molar-refractivity contribution in [2.75, 3.05) is 26.3 Å². The molecule has 1 atom stereocenters. The molecule has 8 heteroatoms. The van der Waals surface area contributed by atoms with Crippen molar-refractivity contribution in [1.82, 2.24) is 10.2 Å². The van der Waals surface area contributed by atoms with E-state index in [1.165, 1.54) is 0 Å². The Balaban J connectivity index is 1.99. The van der Waals surface area contributed by atoms with Gasteiger partial charge in [0.2, 0.25) is 5.91 Å². The van der Waals surface area contributed by atoms with Gasteiger partial charge < -0.3 is 30.2 Å². The zero-order chi connectivity index (χ0) is 26.6. The smallest absolute Gasteiger partial charge is 0.407 e. The lowest BCUT2D eigenvalue weighted by atomic mass is 10.1. The normalized spacial score (nSPS) is 12.5. The van der Waals surface area contributed by atoms with E-state index in [4.69, 9.17) is 19.9 Å². The van der Waals surface area contributed by atoms with E-state index in [0.717, 1.165) is 16.3 Å². The molecule has 0 aliphatic carbocycles. The molecule has 0 heterocycles. The molecule has 0 radical (unpaired) electrons. The van der Waals surface area contributed by atoms with Crippen LogP contribution in [0.3, 0.4) is 0 Å². The van der Waals surface area contributed by atoms with Crippen molar-refractivity contribution in [1.29, 1.82) is 0 Å². The van der Waals surface area contributed by atoms with Crippen LogP contribution in [-0.2, 0) is 25.5 Å². The number of unbranched alkanes of at least 4 members (excludes halogenated alkanes) is 1. The van der Waals surface area contributed by atoms with Crippen molar-refractivity contribution >= 4 is 22.8 Å². The fourth-order valence-electron chi connectivity index (χ4n) is 3.85. The average Bonchev–Trinajstić information content (AvgIpc) is 2.82. The number of amides is 2. The first kappa shape index (κ1) is 29.5. The van der Waals surface area contributed by atoms with E-state index in [9.17, 15) is 9.59 Å². The van der Waals surface area contributed by atoms with Crippen molar-refractivity contribution in [2.24, 2.45) is 5.73 Å². The number of hydrogen-bond acceptors (Lipinski definition) is 6. The summed E-state index contributed by atoms with van der Waals surface area (Å²) in [7, 11) is 0. The summed E-state index contributed by atoms with van der Waals surface area (Å²) in [6.45, 7) is 11.4. The standard InChI is InChI=1S/C28H43N3O5/c1-6-34-25(35-7-2)20-31(19-21-15-16-22-12-8-9-13-23(22)18-21)26(32)24(29)14-10-11-17-30-27(33)36-28(3,4)5/h8-9,12-13,15-16,18,24-25H,6-7,10-11,14,17,19-20,29H2,1-5H3,(H,30,33)/t24-/m0/s1. The Morgan fingerprint density at radius 1 is 1.00 bits per heavy atom. The summed E-state index contributed by atoms with van der Waals surface area (Å²) in [4.78, 5) is 26.9. The van der Waals surface area contributed by atoms with Gasteiger partial charge in [-0.25, -0.2) is 4.79 Å². The molecule has 0 fully saturated rings. The third-order valence-corrected chi connectivity index (χ3v) is 5.50. The summed E-state index contributed by atoms with van der Waals surface area (Å²) in [5.41, 5.74) is 6.81. The average molecular weight is 502 g/mol. The molecule has 2 amide bonds. The molecule has 36 heavy (non-hydrogen) atoms. The van der Waals surface area contributed by atoms with Crippen LogP contribution in [0.2, 0.25) is 0 Å². The predicted octanol–water partition coefficient (Wildman–Crippen LogP) is 4.59. The van der Waals surface area contributed by atoms with Gasteiger partial charge >= 0.3 is 6.09 Å². The molecule has 3 N–H and O–H groups in total. The van der Waals surface area contributed by atoms with E-state index in [2.05, 4.69) is 29.6 Å². The number of nitrogens with zero attached hydrogens (tertiary/aromatic N) is 1. The zero-order valence-corrected chi connectivity index (χ0v) is 22.4. The number of carbonyl (C=O) groups is 2. The van der Waals surface area contributed by atoms with Gasteiger partial charge in [-0.1, -0.05) is 36.4 Å². The molecule has 0 saturated heterocycles. The second-order valence-corrected chi connectivity index (χ2v) is 9.77. The van der Waals surface area contributed by atoms with E-state index in [0.29, 0.717) is 52.1 Å². The number of rotatable bonds is 14. The first-order valence-electron chi connectivity index (χ1n) is 12.8. The number of alkyl carbamates (subject to hydrolysis) is 1. The fraction of sp³-hybridized carbons (Fsp3) is 0.571. The van der Waals surface area contributed by atoms with Crippen LogP contribution in [0, 0.1) is 0 Å². The van der Waals surface area contributed by atoms with Gasteiger partial charge in [0, 0.05) is 26.3 Å². The Morgan fingerprint density at radius 3 is 2.31 bits per heavy atom. The Hall–Kier alpha value is -2.68. The Morgan fingerprint density at radius 2 is 1.67 bits per heavy atom. The number of fused-ring (bicyclic) bond motifs is 1. The quantitative estimate of drug-likeness (QED) is 0.290. The first-order valence-corrected chi connectivity index (χ1v) is 12.8. The van der Waals surface area contributed by atoms with E-state index in [1.54, 1.807) is 4.90 Å². The molecule has 200 valence electrons. The van der Waals surface area contributed by atoms with Crippen LogP contribution in [-0.4, -0.2) is 61.1 Å². The number of nitrogens with two attached hydrogens (primary N) is 1. The highest BCUT2D eigenvalue weighted by Gasteiger charge is 2.25. The number of nitrogens with one attached hydrogen (secondary N) is 1. The molecular formula is C28H43N3O5. The van der Waals surface area contributed by atoms with Crippen LogP contribution in [0.1, 0.15) is 59.4 Å². The van der Waals surface area contributed by atoms with E-state index >= 15 is 0 Å². The molecule has 0 aliphatic rings. The summed E-state index contributed by atoms with van der Waals surface area (Å²) in [6.07, 6.45) is 0.951. The molecule has 0 aromatic heterocycles. The van der Waals surface area contributed by atoms with Crippen molar-refractivity contribution in [3.8, 4) is 0 Å². The Bertz CT molecular complexity index is 954. The fourth-order valence-corrected chi connectivity index (χ4v) is 3.85. The molecule has 2 aromatic rings. The monoisotopic (exact) mass is 501 g/mol. The molecule has 0 saturated carbocycles. The minimum atomic E-state index is -0.657. The molecule has 2 aromatic carbocycles. The first-order chi connectivity index (χ1) is 17.1. The number of carbonyl (C=O) groups excluding carboxylic acids is 2. The number of hydrogen-bond donors (Lipinski definition) is 2. The maximum absolute atomic E-state index is 13.4. The van der Waals surface area contributed by atoms with Crippen LogP contribution in [0.4, 0.5) is 4.79 Å². The van der Waals surface area contributed by atoms with E-state index < -0.39 is 24.0 Å².